The molecule has 1 unspecified atom stereocenters. The summed E-state index contributed by atoms with van der Waals surface area (Å²) >= 11 is 5.69. The van der Waals surface area contributed by atoms with Crippen LogP contribution in [0.15, 0.2) is 36.9 Å². The molecule has 1 N–H and O–H groups in total. The average molecular weight is 424 g/mol. The van der Waals surface area contributed by atoms with Gasteiger partial charge in [-0.25, -0.2) is 8.42 Å². The second-order valence-electron chi connectivity index (χ2n) is 6.98. The Morgan fingerprint density at radius 3 is 2.79 bits per heavy atom. The van der Waals surface area contributed by atoms with Crippen molar-refractivity contribution in [3.63, 3.8) is 0 Å². The molecule has 2 aromatic rings. The summed E-state index contributed by atoms with van der Waals surface area (Å²) in [6, 6.07) is 7.77. The normalized spacial score (nSPS) is 19.4. The number of sulfone groups is 1. The van der Waals surface area contributed by atoms with Crippen LogP contribution in [-0.4, -0.2) is 54.0 Å². The number of hydrogen-bond acceptors (Lipinski definition) is 5. The van der Waals surface area contributed by atoms with Gasteiger partial charge in [-0.2, -0.15) is 4.68 Å². The minimum Gasteiger partial charge on any atom is -0.496 e. The molecular weight excluding hydrogens is 396 g/mol. The molecule has 0 saturated carbocycles. The number of rotatable bonds is 8. The molecule has 0 spiro atoms. The van der Waals surface area contributed by atoms with E-state index >= 15 is 0 Å². The number of para-hydroxylation sites is 1. The molecule has 7 nitrogen and oxygen atoms in total. The van der Waals surface area contributed by atoms with Crippen molar-refractivity contribution < 1.29 is 18.1 Å². The van der Waals surface area contributed by atoms with Gasteiger partial charge in [-0.15, -0.1) is 11.7 Å². The van der Waals surface area contributed by atoms with Gasteiger partial charge in [-0.05, 0) is 31.3 Å². The average Bonchev–Trinajstić information content (AvgIpc) is 3.20. The Hall–Kier alpha value is -1.97. The molecule has 1 aromatic carbocycles. The molecule has 9 heteroatoms. The molecule has 0 aliphatic carbocycles. The van der Waals surface area contributed by atoms with E-state index in [4.69, 9.17) is 22.1 Å². The third-order valence-corrected chi connectivity index (χ3v) is 7.40. The summed E-state index contributed by atoms with van der Waals surface area (Å²) in [5.74, 6) is 1.94. The van der Waals surface area contributed by atoms with Crippen molar-refractivity contribution in [3.8, 4) is 17.1 Å². The number of benzene rings is 1. The van der Waals surface area contributed by atoms with E-state index < -0.39 is 9.84 Å². The number of quaternary nitrogens is 1. The topological polar surface area (TPSA) is 70.6 Å². The monoisotopic (exact) mass is 423 g/mol. The van der Waals surface area contributed by atoms with Crippen LogP contribution >= 0.6 is 12.2 Å². The van der Waals surface area contributed by atoms with E-state index in [1.165, 1.54) is 4.90 Å². The van der Waals surface area contributed by atoms with E-state index in [2.05, 4.69) is 13.5 Å². The Morgan fingerprint density at radius 1 is 1.43 bits per heavy atom. The second kappa shape index (κ2) is 8.59. The number of allylic oxidation sites excluding steroid dienone is 1. The summed E-state index contributed by atoms with van der Waals surface area (Å²) in [5, 5.41) is 4.78. The van der Waals surface area contributed by atoms with Gasteiger partial charge in [0.1, 0.15) is 17.5 Å². The van der Waals surface area contributed by atoms with E-state index in [0.29, 0.717) is 24.4 Å². The molecule has 152 valence electrons. The van der Waals surface area contributed by atoms with Crippen molar-refractivity contribution in [2.75, 3.05) is 25.2 Å². The first kappa shape index (κ1) is 20.8. The van der Waals surface area contributed by atoms with Gasteiger partial charge in [-0.1, -0.05) is 18.2 Å². The van der Waals surface area contributed by atoms with Crippen LogP contribution in [0.5, 0.6) is 5.75 Å². The highest BCUT2D eigenvalue weighted by Crippen LogP contribution is 2.28. The first-order valence-corrected chi connectivity index (χ1v) is 11.6. The summed E-state index contributed by atoms with van der Waals surface area (Å²) < 4.78 is 33.6. The van der Waals surface area contributed by atoms with Gasteiger partial charge in [0.05, 0.1) is 25.0 Å². The maximum absolute atomic E-state index is 11.9. The van der Waals surface area contributed by atoms with Crippen molar-refractivity contribution >= 4 is 22.1 Å². The zero-order chi connectivity index (χ0) is 20.3. The molecule has 0 bridgehead atoms. The van der Waals surface area contributed by atoms with Gasteiger partial charge in [-0.3, -0.25) is 4.57 Å². The lowest BCUT2D eigenvalue weighted by Crippen LogP contribution is -3.15. The molecule has 28 heavy (non-hydrogen) atoms. The Kier molecular flexibility index (Phi) is 6.36. The van der Waals surface area contributed by atoms with Crippen LogP contribution in [0.25, 0.3) is 11.4 Å². The van der Waals surface area contributed by atoms with Crippen molar-refractivity contribution in [1.82, 2.24) is 14.3 Å². The Morgan fingerprint density at radius 2 is 2.18 bits per heavy atom. The zero-order valence-electron chi connectivity index (χ0n) is 16.3. The summed E-state index contributed by atoms with van der Waals surface area (Å²) in [5.41, 5.74) is 0.859. The zero-order valence-corrected chi connectivity index (χ0v) is 17.9. The third kappa shape index (κ3) is 4.21. The standard InChI is InChI=1S/C19H26N4O3S2/c1-4-11-22-18(16-8-6-7-9-17(16)26-3)20-23(19(22)27)14-21(5-2)15-10-12-28(24,25)13-15/h4,6-9,15H,1,5,10-14H2,2-3H3/p+1/t15-/m0/s1. The quantitative estimate of drug-likeness (QED) is 0.512. The Bertz CT molecular complexity index is 1010. The van der Waals surface area contributed by atoms with Crippen LogP contribution < -0.4 is 9.64 Å². The number of methoxy groups -OCH3 is 1. The molecule has 2 heterocycles. The van der Waals surface area contributed by atoms with Crippen LogP contribution in [0.1, 0.15) is 13.3 Å². The van der Waals surface area contributed by atoms with Gasteiger partial charge < -0.3 is 9.64 Å². The van der Waals surface area contributed by atoms with Crippen molar-refractivity contribution in [1.29, 1.82) is 0 Å². The number of hydrogen-bond donors (Lipinski definition) is 1. The first-order chi connectivity index (χ1) is 13.4. The fourth-order valence-electron chi connectivity index (χ4n) is 3.71. The van der Waals surface area contributed by atoms with E-state index in [0.717, 1.165) is 23.7 Å². The molecule has 0 amide bonds. The summed E-state index contributed by atoms with van der Waals surface area (Å²) in [6.07, 6.45) is 2.47. The molecule has 0 radical (unpaired) electrons. The number of nitrogens with one attached hydrogen (secondary N) is 1. The van der Waals surface area contributed by atoms with E-state index in [9.17, 15) is 8.42 Å². The third-order valence-electron chi connectivity index (χ3n) is 5.20. The molecular formula is C19H27N4O3S2+. The van der Waals surface area contributed by atoms with Gasteiger partial charge >= 0.3 is 0 Å². The molecule has 1 aliphatic rings. The maximum atomic E-state index is 11.9. The van der Waals surface area contributed by atoms with Crippen molar-refractivity contribution in [3.05, 3.63) is 41.7 Å². The van der Waals surface area contributed by atoms with Crippen molar-refractivity contribution in [2.24, 2.45) is 0 Å². The van der Waals surface area contributed by atoms with Gasteiger partial charge in [0.25, 0.3) is 0 Å². The highest BCUT2D eigenvalue weighted by atomic mass is 32.2. The van der Waals surface area contributed by atoms with Crippen LogP contribution in [-0.2, 0) is 23.1 Å². The minimum atomic E-state index is -2.93. The first-order valence-electron chi connectivity index (χ1n) is 9.37. The molecule has 1 saturated heterocycles. The van der Waals surface area contributed by atoms with Gasteiger partial charge in [0.15, 0.2) is 22.3 Å². The lowest BCUT2D eigenvalue weighted by Gasteiger charge is -2.23. The van der Waals surface area contributed by atoms with Crippen LogP contribution in [0.2, 0.25) is 0 Å². The van der Waals surface area contributed by atoms with E-state index in [1.807, 2.05) is 28.8 Å². The van der Waals surface area contributed by atoms with Crippen LogP contribution in [0.3, 0.4) is 0 Å². The lowest BCUT2D eigenvalue weighted by molar-refractivity contribution is -0.943. The smallest absolute Gasteiger partial charge is 0.203 e. The van der Waals surface area contributed by atoms with E-state index in [1.54, 1.807) is 17.9 Å². The molecule has 3 rings (SSSR count). The second-order valence-corrected chi connectivity index (χ2v) is 9.57. The number of ether oxygens (including phenoxy) is 1. The lowest BCUT2D eigenvalue weighted by atomic mass is 10.2. The molecule has 1 aromatic heterocycles. The highest BCUT2D eigenvalue weighted by molar-refractivity contribution is 7.91. The molecule has 1 fully saturated rings. The predicted molar refractivity (Wildman–Crippen MR) is 112 cm³/mol. The highest BCUT2D eigenvalue weighted by Gasteiger charge is 2.35. The number of aromatic nitrogens is 3. The molecule has 2 atom stereocenters. The van der Waals surface area contributed by atoms with E-state index in [-0.39, 0.29) is 17.5 Å². The van der Waals surface area contributed by atoms with Crippen molar-refractivity contribution in [2.45, 2.75) is 32.6 Å². The van der Waals surface area contributed by atoms with Gasteiger partial charge in [0, 0.05) is 13.0 Å². The number of nitrogens with zero attached hydrogens (tertiary/aromatic N) is 3. The Balaban J connectivity index is 1.98. The largest absolute Gasteiger partial charge is 0.496 e. The summed E-state index contributed by atoms with van der Waals surface area (Å²) in [6.45, 7) is 7.76. The molecule has 1 aliphatic heterocycles. The Labute approximate surface area is 171 Å². The fraction of sp³-hybridized carbons (Fsp3) is 0.474. The van der Waals surface area contributed by atoms with Gasteiger partial charge in [0.2, 0.25) is 4.77 Å². The van der Waals surface area contributed by atoms with Crippen LogP contribution in [0.4, 0.5) is 0 Å². The minimum absolute atomic E-state index is 0.0798. The SMILES string of the molecule is C=CCn1c(-c2ccccc2OC)nn(C[NH+](CC)[C@H]2CCS(=O)(=O)C2)c1=S. The van der Waals surface area contributed by atoms with Crippen LogP contribution in [0, 0.1) is 4.77 Å². The predicted octanol–water partition coefficient (Wildman–Crippen LogP) is 1.33. The maximum Gasteiger partial charge on any atom is 0.203 e. The summed E-state index contributed by atoms with van der Waals surface area (Å²) in [7, 11) is -1.30. The fourth-order valence-corrected chi connectivity index (χ4v) is 5.80. The summed E-state index contributed by atoms with van der Waals surface area (Å²) in [4.78, 5) is 1.17.